The van der Waals surface area contributed by atoms with Gasteiger partial charge in [0, 0.05) is 35.3 Å². The SMILES string of the molecule is CC(C)C(=O)NCc1csc(C2CCN(C(=O)Cc3ccccc3Cl)CC2)n1. The molecule has 0 saturated carbocycles. The normalized spacial score (nSPS) is 15.1. The molecule has 2 amide bonds. The first-order valence-electron chi connectivity index (χ1n) is 9.67. The molecular formula is C21H26ClN3O2S. The van der Waals surface area contributed by atoms with Crippen LogP contribution in [0.4, 0.5) is 0 Å². The summed E-state index contributed by atoms with van der Waals surface area (Å²) in [7, 11) is 0. The molecule has 1 aromatic carbocycles. The van der Waals surface area contributed by atoms with E-state index < -0.39 is 0 Å². The lowest BCUT2D eigenvalue weighted by atomic mass is 9.97. The Labute approximate surface area is 175 Å². The molecule has 150 valence electrons. The van der Waals surface area contributed by atoms with Crippen molar-refractivity contribution in [1.82, 2.24) is 15.2 Å². The predicted octanol–water partition coefficient (Wildman–Crippen LogP) is 4.02. The average molecular weight is 420 g/mol. The number of carbonyl (C=O) groups is 2. The van der Waals surface area contributed by atoms with E-state index in [1.165, 1.54) is 0 Å². The Hall–Kier alpha value is -1.92. The Bertz CT molecular complexity index is 829. The lowest BCUT2D eigenvalue weighted by Crippen LogP contribution is -2.38. The van der Waals surface area contributed by atoms with Crippen LogP contribution in [0.25, 0.3) is 0 Å². The number of halogens is 1. The van der Waals surface area contributed by atoms with Crippen molar-refractivity contribution in [2.45, 2.75) is 45.6 Å². The van der Waals surface area contributed by atoms with E-state index >= 15 is 0 Å². The van der Waals surface area contributed by atoms with Crippen LogP contribution in [0.3, 0.4) is 0 Å². The molecule has 1 aliphatic heterocycles. The predicted molar refractivity (Wildman–Crippen MR) is 113 cm³/mol. The molecule has 0 radical (unpaired) electrons. The number of rotatable bonds is 6. The van der Waals surface area contributed by atoms with Gasteiger partial charge in [-0.1, -0.05) is 43.6 Å². The number of amides is 2. The van der Waals surface area contributed by atoms with Crippen LogP contribution in [0.15, 0.2) is 29.6 Å². The number of benzene rings is 1. The lowest BCUT2D eigenvalue weighted by Gasteiger charge is -2.31. The first-order chi connectivity index (χ1) is 13.4. The number of nitrogens with zero attached hydrogens (tertiary/aromatic N) is 2. The smallest absolute Gasteiger partial charge is 0.227 e. The van der Waals surface area contributed by atoms with E-state index in [1.807, 2.05) is 48.4 Å². The van der Waals surface area contributed by atoms with Gasteiger partial charge in [-0.05, 0) is 24.5 Å². The van der Waals surface area contributed by atoms with Gasteiger partial charge in [0.15, 0.2) is 0 Å². The molecule has 0 bridgehead atoms. The van der Waals surface area contributed by atoms with Crippen molar-refractivity contribution in [3.8, 4) is 0 Å². The van der Waals surface area contributed by atoms with Gasteiger partial charge in [-0.2, -0.15) is 0 Å². The third-order valence-corrected chi connectivity index (χ3v) is 6.46. The quantitative estimate of drug-likeness (QED) is 0.769. The van der Waals surface area contributed by atoms with Crippen LogP contribution in [0, 0.1) is 5.92 Å². The summed E-state index contributed by atoms with van der Waals surface area (Å²) in [4.78, 5) is 30.9. The summed E-state index contributed by atoms with van der Waals surface area (Å²) in [6.45, 7) is 5.72. The van der Waals surface area contributed by atoms with E-state index in [-0.39, 0.29) is 17.7 Å². The zero-order chi connectivity index (χ0) is 20.1. The highest BCUT2D eigenvalue weighted by Crippen LogP contribution is 2.30. The standard InChI is InChI=1S/C21H26ClN3O2S/c1-14(2)20(27)23-12-17-13-28-21(24-17)15-7-9-25(10-8-15)19(26)11-16-5-3-4-6-18(16)22/h3-6,13-15H,7-12H2,1-2H3,(H,23,27). The van der Waals surface area contributed by atoms with Crippen LogP contribution in [-0.4, -0.2) is 34.8 Å². The molecule has 0 spiro atoms. The molecule has 2 heterocycles. The topological polar surface area (TPSA) is 62.3 Å². The minimum absolute atomic E-state index is 0.0225. The van der Waals surface area contributed by atoms with Crippen molar-refractivity contribution in [2.75, 3.05) is 13.1 Å². The number of piperidine rings is 1. The van der Waals surface area contributed by atoms with Gasteiger partial charge in [-0.3, -0.25) is 9.59 Å². The van der Waals surface area contributed by atoms with Crippen molar-refractivity contribution < 1.29 is 9.59 Å². The fourth-order valence-electron chi connectivity index (χ4n) is 3.27. The molecule has 0 atom stereocenters. The van der Waals surface area contributed by atoms with Crippen LogP contribution in [0.5, 0.6) is 0 Å². The molecular weight excluding hydrogens is 394 g/mol. The Balaban J connectivity index is 1.49. The molecule has 0 unspecified atom stereocenters. The van der Waals surface area contributed by atoms with Gasteiger partial charge in [-0.15, -0.1) is 11.3 Å². The number of carbonyl (C=O) groups excluding carboxylic acids is 2. The number of hydrogen-bond donors (Lipinski definition) is 1. The Morgan fingerprint density at radius 1 is 1.29 bits per heavy atom. The summed E-state index contributed by atoms with van der Waals surface area (Å²) in [5, 5.41) is 6.67. The van der Waals surface area contributed by atoms with Crippen LogP contribution in [0.2, 0.25) is 5.02 Å². The van der Waals surface area contributed by atoms with E-state index in [0.717, 1.165) is 42.2 Å². The molecule has 1 aliphatic rings. The van der Waals surface area contributed by atoms with E-state index in [4.69, 9.17) is 16.6 Å². The summed E-state index contributed by atoms with van der Waals surface area (Å²) in [6, 6.07) is 7.50. The molecule has 1 fully saturated rings. The van der Waals surface area contributed by atoms with Crippen molar-refractivity contribution in [3.05, 3.63) is 50.9 Å². The number of nitrogens with one attached hydrogen (secondary N) is 1. The van der Waals surface area contributed by atoms with Gasteiger partial charge in [-0.25, -0.2) is 4.98 Å². The molecule has 0 aliphatic carbocycles. The molecule has 5 nitrogen and oxygen atoms in total. The fourth-order valence-corrected chi connectivity index (χ4v) is 4.46. The number of likely N-dealkylation sites (tertiary alicyclic amines) is 1. The summed E-state index contributed by atoms with van der Waals surface area (Å²) >= 11 is 7.82. The monoisotopic (exact) mass is 419 g/mol. The second kappa shape index (κ2) is 9.52. The summed E-state index contributed by atoms with van der Waals surface area (Å²) in [5.74, 6) is 0.525. The fraction of sp³-hybridized carbons (Fsp3) is 0.476. The van der Waals surface area contributed by atoms with E-state index in [9.17, 15) is 9.59 Å². The van der Waals surface area contributed by atoms with Gasteiger partial charge in [0.2, 0.25) is 11.8 Å². The maximum atomic E-state index is 12.6. The van der Waals surface area contributed by atoms with E-state index in [2.05, 4.69) is 5.32 Å². The third-order valence-electron chi connectivity index (χ3n) is 5.03. The highest BCUT2D eigenvalue weighted by Gasteiger charge is 2.26. The zero-order valence-corrected chi connectivity index (χ0v) is 17.9. The maximum absolute atomic E-state index is 12.6. The first kappa shape index (κ1) is 20.8. The highest BCUT2D eigenvalue weighted by atomic mass is 35.5. The molecule has 28 heavy (non-hydrogen) atoms. The van der Waals surface area contributed by atoms with Crippen molar-refractivity contribution >= 4 is 34.8 Å². The minimum Gasteiger partial charge on any atom is -0.350 e. The van der Waals surface area contributed by atoms with E-state index in [1.54, 1.807) is 11.3 Å². The number of hydrogen-bond acceptors (Lipinski definition) is 4. The largest absolute Gasteiger partial charge is 0.350 e. The van der Waals surface area contributed by atoms with Gasteiger partial charge >= 0.3 is 0 Å². The maximum Gasteiger partial charge on any atom is 0.227 e. The second-order valence-corrected chi connectivity index (χ2v) is 8.77. The zero-order valence-electron chi connectivity index (χ0n) is 16.3. The summed E-state index contributed by atoms with van der Waals surface area (Å²) in [6.07, 6.45) is 2.18. The Morgan fingerprint density at radius 3 is 2.68 bits per heavy atom. The Kier molecular flexibility index (Phi) is 7.08. The Morgan fingerprint density at radius 2 is 2.00 bits per heavy atom. The minimum atomic E-state index is -0.0225. The molecule has 3 rings (SSSR count). The number of thiazole rings is 1. The molecule has 1 N–H and O–H groups in total. The summed E-state index contributed by atoms with van der Waals surface area (Å²) < 4.78 is 0. The van der Waals surface area contributed by atoms with Crippen LogP contribution in [0.1, 0.15) is 48.9 Å². The van der Waals surface area contributed by atoms with Crippen LogP contribution in [-0.2, 0) is 22.6 Å². The second-order valence-electron chi connectivity index (χ2n) is 7.47. The van der Waals surface area contributed by atoms with Gasteiger partial charge in [0.1, 0.15) is 0 Å². The van der Waals surface area contributed by atoms with Crippen molar-refractivity contribution in [3.63, 3.8) is 0 Å². The van der Waals surface area contributed by atoms with Crippen LogP contribution >= 0.6 is 22.9 Å². The third kappa shape index (κ3) is 5.32. The molecule has 1 aromatic heterocycles. The lowest BCUT2D eigenvalue weighted by molar-refractivity contribution is -0.131. The molecule has 1 saturated heterocycles. The van der Waals surface area contributed by atoms with E-state index in [0.29, 0.717) is 23.9 Å². The van der Waals surface area contributed by atoms with Gasteiger partial charge in [0.05, 0.1) is 23.7 Å². The van der Waals surface area contributed by atoms with Gasteiger partial charge in [0.25, 0.3) is 0 Å². The molecule has 2 aromatic rings. The highest BCUT2D eigenvalue weighted by molar-refractivity contribution is 7.09. The average Bonchev–Trinajstić information content (AvgIpc) is 3.17. The molecule has 7 heteroatoms. The van der Waals surface area contributed by atoms with Crippen molar-refractivity contribution in [2.24, 2.45) is 5.92 Å². The van der Waals surface area contributed by atoms with Crippen molar-refractivity contribution in [1.29, 1.82) is 0 Å². The summed E-state index contributed by atoms with van der Waals surface area (Å²) in [5.41, 5.74) is 1.79. The van der Waals surface area contributed by atoms with Crippen LogP contribution < -0.4 is 5.32 Å². The van der Waals surface area contributed by atoms with Gasteiger partial charge < -0.3 is 10.2 Å². The number of aromatic nitrogens is 1. The first-order valence-corrected chi connectivity index (χ1v) is 10.9.